The number of rotatable bonds is 8. The second-order valence-corrected chi connectivity index (χ2v) is 10.9. The highest BCUT2D eigenvalue weighted by atomic mass is 16.7. The Morgan fingerprint density at radius 3 is 2.34 bits per heavy atom. The fourth-order valence-corrected chi connectivity index (χ4v) is 6.42. The van der Waals surface area contributed by atoms with Crippen molar-refractivity contribution in [2.45, 2.75) is 25.5 Å². The molecule has 1 aromatic heterocycles. The van der Waals surface area contributed by atoms with Crippen molar-refractivity contribution in [3.63, 3.8) is 0 Å². The van der Waals surface area contributed by atoms with Crippen LogP contribution in [-0.2, 0) is 16.1 Å². The van der Waals surface area contributed by atoms with Crippen molar-refractivity contribution in [1.29, 1.82) is 0 Å². The Morgan fingerprint density at radius 1 is 1.00 bits per heavy atom. The number of Topliss-reactive ketones (excluding diaryl/α,β-unsaturated/α-hetero) is 1. The number of nitrogens with zero attached hydrogens (tertiary/aromatic N) is 3. The molecule has 4 aromatic rings. The maximum Gasteiger partial charge on any atom is 0.310 e. The first kappa shape index (κ1) is 27.6. The van der Waals surface area contributed by atoms with Gasteiger partial charge in [0, 0.05) is 17.4 Å². The highest BCUT2D eigenvalue weighted by Gasteiger charge is 2.53. The first-order valence-corrected chi connectivity index (χ1v) is 14.1. The Morgan fingerprint density at radius 2 is 1.68 bits per heavy atom. The smallest absolute Gasteiger partial charge is 0.310 e. The summed E-state index contributed by atoms with van der Waals surface area (Å²) in [5.74, 6) is 0.360. The van der Waals surface area contributed by atoms with Crippen molar-refractivity contribution < 1.29 is 43.1 Å². The van der Waals surface area contributed by atoms with Crippen molar-refractivity contribution in [1.82, 2.24) is 15.0 Å². The standard InChI is InChI=1S/C32H29N3O9/c1-16(36)17-4-6-20(7-5-17)41-13-19-12-35(34-33-19)30-22-11-25-24(43-15-44-25)10-21(22)28(29-23(30)14-42-32(29)38)18-8-26(39-2)31(37)27(9-18)40-3/h4-12,23,28-30,37H,13-15H2,1-3H3/t23-,28+,29-,30+/m0/s1. The molecule has 1 saturated heterocycles. The van der Waals surface area contributed by atoms with E-state index in [-0.39, 0.29) is 54.9 Å². The average molecular weight is 600 g/mol. The minimum atomic E-state index is -0.587. The minimum absolute atomic E-state index is 0.0199. The number of phenols is 1. The molecule has 0 bridgehead atoms. The van der Waals surface area contributed by atoms with Crippen molar-refractivity contribution in [2.75, 3.05) is 27.6 Å². The largest absolute Gasteiger partial charge is 0.502 e. The Kier molecular flexibility index (Phi) is 6.75. The molecule has 1 fully saturated rings. The molecule has 4 atom stereocenters. The molecule has 0 radical (unpaired) electrons. The monoisotopic (exact) mass is 599 g/mol. The molecule has 44 heavy (non-hydrogen) atoms. The Balaban J connectivity index is 1.29. The lowest BCUT2D eigenvalue weighted by molar-refractivity contribution is -0.141. The van der Waals surface area contributed by atoms with E-state index < -0.39 is 17.9 Å². The Hall–Kier alpha value is -5.26. The van der Waals surface area contributed by atoms with Crippen LogP contribution in [0, 0.1) is 11.8 Å². The van der Waals surface area contributed by atoms with E-state index >= 15 is 0 Å². The van der Waals surface area contributed by atoms with Crippen LogP contribution in [0.3, 0.4) is 0 Å². The molecule has 0 amide bonds. The summed E-state index contributed by atoms with van der Waals surface area (Å²) in [6.07, 6.45) is 1.80. The van der Waals surface area contributed by atoms with E-state index in [1.54, 1.807) is 47.3 Å². The summed E-state index contributed by atoms with van der Waals surface area (Å²) in [7, 11) is 2.92. The number of hydrogen-bond donors (Lipinski definition) is 1. The molecule has 1 aliphatic carbocycles. The van der Waals surface area contributed by atoms with Gasteiger partial charge in [0.1, 0.15) is 18.1 Å². The fourth-order valence-electron chi connectivity index (χ4n) is 6.42. The van der Waals surface area contributed by atoms with Crippen molar-refractivity contribution in [2.24, 2.45) is 11.8 Å². The average Bonchev–Trinajstić information content (AvgIpc) is 3.79. The van der Waals surface area contributed by atoms with Crippen LogP contribution in [0.2, 0.25) is 0 Å². The number of phenolic OH excluding ortho intramolecular Hbond substituents is 1. The van der Waals surface area contributed by atoms with Gasteiger partial charge in [-0.3, -0.25) is 9.59 Å². The number of aromatic nitrogens is 3. The molecule has 3 heterocycles. The van der Waals surface area contributed by atoms with E-state index in [0.29, 0.717) is 34.1 Å². The van der Waals surface area contributed by atoms with Crippen LogP contribution in [0.1, 0.15) is 51.6 Å². The normalized spacial score (nSPS) is 21.3. The van der Waals surface area contributed by atoms with Crippen molar-refractivity contribution in [3.05, 3.63) is 82.7 Å². The summed E-state index contributed by atoms with van der Waals surface area (Å²) >= 11 is 0. The lowest BCUT2D eigenvalue weighted by Crippen LogP contribution is -2.37. The van der Waals surface area contributed by atoms with Gasteiger partial charge in [0.15, 0.2) is 28.8 Å². The van der Waals surface area contributed by atoms with Gasteiger partial charge in [0.25, 0.3) is 0 Å². The molecule has 0 spiro atoms. The van der Waals surface area contributed by atoms with Crippen LogP contribution < -0.4 is 23.7 Å². The number of ether oxygens (including phenoxy) is 6. The number of methoxy groups -OCH3 is 2. The van der Waals surface area contributed by atoms with E-state index in [2.05, 4.69) is 10.3 Å². The number of ketones is 1. The van der Waals surface area contributed by atoms with Gasteiger partial charge < -0.3 is 33.5 Å². The second-order valence-electron chi connectivity index (χ2n) is 10.9. The summed E-state index contributed by atoms with van der Waals surface area (Å²) < 4.78 is 35.7. The summed E-state index contributed by atoms with van der Waals surface area (Å²) in [5, 5.41) is 19.4. The van der Waals surface area contributed by atoms with Crippen LogP contribution >= 0.6 is 0 Å². The van der Waals surface area contributed by atoms with Gasteiger partial charge in [-0.15, -0.1) is 5.10 Å². The molecule has 2 aliphatic heterocycles. The number of esters is 1. The summed E-state index contributed by atoms with van der Waals surface area (Å²) in [4.78, 5) is 25.0. The number of benzene rings is 3. The maximum absolute atomic E-state index is 13.4. The van der Waals surface area contributed by atoms with Crippen molar-refractivity contribution in [3.8, 4) is 34.5 Å². The van der Waals surface area contributed by atoms with Gasteiger partial charge in [0.2, 0.25) is 12.5 Å². The Labute approximate surface area is 252 Å². The van der Waals surface area contributed by atoms with E-state index in [1.165, 1.54) is 21.1 Å². The fraction of sp³-hybridized carbons (Fsp3) is 0.312. The highest BCUT2D eigenvalue weighted by Crippen LogP contribution is 2.56. The predicted octanol–water partition coefficient (Wildman–Crippen LogP) is 4.04. The minimum Gasteiger partial charge on any atom is -0.502 e. The molecular weight excluding hydrogens is 570 g/mol. The second kappa shape index (κ2) is 10.8. The topological polar surface area (TPSA) is 140 Å². The molecule has 12 nitrogen and oxygen atoms in total. The van der Waals surface area contributed by atoms with E-state index in [0.717, 1.165) is 11.1 Å². The van der Waals surface area contributed by atoms with Crippen LogP contribution in [0.15, 0.2) is 54.7 Å². The molecule has 3 aliphatic rings. The number of aromatic hydroxyl groups is 1. The number of hydrogen-bond acceptors (Lipinski definition) is 11. The molecule has 1 N–H and O–H groups in total. The predicted molar refractivity (Wildman–Crippen MR) is 152 cm³/mol. The van der Waals surface area contributed by atoms with Crippen LogP contribution in [0.5, 0.6) is 34.5 Å². The van der Waals surface area contributed by atoms with Gasteiger partial charge >= 0.3 is 5.97 Å². The molecule has 0 unspecified atom stereocenters. The van der Waals surface area contributed by atoms with Gasteiger partial charge in [-0.1, -0.05) is 5.21 Å². The zero-order valence-corrected chi connectivity index (χ0v) is 24.2. The van der Waals surface area contributed by atoms with E-state index in [9.17, 15) is 14.7 Å². The van der Waals surface area contributed by atoms with Gasteiger partial charge in [-0.25, -0.2) is 4.68 Å². The van der Waals surface area contributed by atoms with Crippen LogP contribution in [0.4, 0.5) is 0 Å². The lowest BCUT2D eigenvalue weighted by atomic mass is 9.65. The van der Waals surface area contributed by atoms with Gasteiger partial charge in [-0.2, -0.15) is 0 Å². The number of carbonyl (C=O) groups is 2. The number of fused-ring (bicyclic) bond motifs is 3. The molecule has 0 saturated carbocycles. The summed E-state index contributed by atoms with van der Waals surface area (Å²) in [6, 6.07) is 13.7. The lowest BCUT2D eigenvalue weighted by Gasteiger charge is -2.39. The SMILES string of the molecule is COc1cc([C@@H]2c3cc4c(cc3[C@@H](n3cc(COc5ccc(C(C)=O)cc5)nn3)[C@H]3COC(=O)[C@H]23)OCO4)cc(OC)c1O. The number of carbonyl (C=O) groups excluding carboxylic acids is 2. The van der Waals surface area contributed by atoms with E-state index in [4.69, 9.17) is 28.4 Å². The van der Waals surface area contributed by atoms with Gasteiger partial charge in [-0.05, 0) is 72.1 Å². The van der Waals surface area contributed by atoms with Crippen molar-refractivity contribution >= 4 is 11.8 Å². The third-order valence-corrected chi connectivity index (χ3v) is 8.50. The first-order valence-electron chi connectivity index (χ1n) is 14.1. The number of cyclic esters (lactones) is 1. The molecular formula is C32H29N3O9. The third-order valence-electron chi connectivity index (χ3n) is 8.50. The van der Waals surface area contributed by atoms with Crippen LogP contribution in [0.25, 0.3) is 0 Å². The zero-order valence-electron chi connectivity index (χ0n) is 24.2. The third kappa shape index (κ3) is 4.53. The summed E-state index contributed by atoms with van der Waals surface area (Å²) in [5.41, 5.74) is 3.60. The molecule has 226 valence electrons. The molecule has 12 heteroatoms. The highest BCUT2D eigenvalue weighted by molar-refractivity contribution is 5.94. The van der Waals surface area contributed by atoms with E-state index in [1.807, 2.05) is 12.1 Å². The van der Waals surface area contributed by atoms with Crippen LogP contribution in [-0.4, -0.2) is 59.5 Å². The van der Waals surface area contributed by atoms with Gasteiger partial charge in [0.05, 0.1) is 39.0 Å². The Bertz CT molecular complexity index is 1740. The quantitative estimate of drug-likeness (QED) is 0.232. The maximum atomic E-state index is 13.4. The first-order chi connectivity index (χ1) is 21.4. The molecule has 7 rings (SSSR count). The molecule has 3 aromatic carbocycles. The zero-order chi connectivity index (χ0) is 30.5. The summed E-state index contributed by atoms with van der Waals surface area (Å²) in [6.45, 7) is 1.93.